The zero-order chi connectivity index (χ0) is 13.9. The fourth-order valence-corrected chi connectivity index (χ4v) is 1.45. The number of carboxylic acids is 1. The van der Waals surface area contributed by atoms with Gasteiger partial charge in [-0.3, -0.25) is 14.2 Å². The summed E-state index contributed by atoms with van der Waals surface area (Å²) in [4.78, 5) is 35.2. The van der Waals surface area contributed by atoms with E-state index in [-0.39, 0.29) is 12.6 Å². The van der Waals surface area contributed by atoms with Crippen molar-refractivity contribution in [1.29, 1.82) is 0 Å². The maximum atomic E-state index is 11.9. The predicted octanol–water partition coefficient (Wildman–Crippen LogP) is -1.10. The fraction of sp³-hybridized carbons (Fsp3) is 0.600. The molecule has 8 nitrogen and oxygen atoms in total. The first-order valence-corrected chi connectivity index (χ1v) is 5.42. The highest BCUT2D eigenvalue weighted by atomic mass is 16.4. The molecule has 0 saturated carbocycles. The summed E-state index contributed by atoms with van der Waals surface area (Å²) in [5.74, 6) is -1.54. The molecular formula is C10H16N4O4. The van der Waals surface area contributed by atoms with Crippen molar-refractivity contribution < 1.29 is 14.7 Å². The molecule has 0 unspecified atom stereocenters. The van der Waals surface area contributed by atoms with E-state index in [1.54, 1.807) is 13.8 Å². The molecular weight excluding hydrogens is 240 g/mol. The van der Waals surface area contributed by atoms with E-state index in [9.17, 15) is 14.4 Å². The first-order valence-electron chi connectivity index (χ1n) is 5.42. The maximum Gasteiger partial charge on any atom is 0.345 e. The molecule has 0 aliphatic carbocycles. The average Bonchev–Trinajstić information content (AvgIpc) is 2.57. The Morgan fingerprint density at radius 2 is 2.11 bits per heavy atom. The SMILES string of the molecule is CC(C)N(CC(=O)O)C(=O)Cn1ncn(C)c1=O. The average molecular weight is 256 g/mol. The lowest BCUT2D eigenvalue weighted by atomic mass is 10.3. The van der Waals surface area contributed by atoms with Crippen LogP contribution < -0.4 is 5.69 Å². The molecule has 0 spiro atoms. The van der Waals surface area contributed by atoms with Gasteiger partial charge in [-0.15, -0.1) is 0 Å². The van der Waals surface area contributed by atoms with Crippen LogP contribution in [0.15, 0.2) is 11.1 Å². The topological polar surface area (TPSA) is 97.4 Å². The van der Waals surface area contributed by atoms with Crippen molar-refractivity contribution in [3.8, 4) is 0 Å². The smallest absolute Gasteiger partial charge is 0.345 e. The third-order valence-electron chi connectivity index (χ3n) is 2.42. The van der Waals surface area contributed by atoms with Crippen molar-refractivity contribution in [2.45, 2.75) is 26.4 Å². The van der Waals surface area contributed by atoms with Gasteiger partial charge in [0.1, 0.15) is 19.4 Å². The normalized spacial score (nSPS) is 10.7. The summed E-state index contributed by atoms with van der Waals surface area (Å²) in [7, 11) is 1.52. The minimum Gasteiger partial charge on any atom is -0.480 e. The number of amides is 1. The minimum atomic E-state index is -1.09. The van der Waals surface area contributed by atoms with Gasteiger partial charge in [0.05, 0.1) is 0 Å². The van der Waals surface area contributed by atoms with Crippen molar-refractivity contribution in [1.82, 2.24) is 19.2 Å². The maximum absolute atomic E-state index is 11.9. The molecule has 0 radical (unpaired) electrons. The highest BCUT2D eigenvalue weighted by molar-refractivity contribution is 5.81. The van der Waals surface area contributed by atoms with Crippen LogP contribution >= 0.6 is 0 Å². The van der Waals surface area contributed by atoms with E-state index in [1.165, 1.54) is 22.8 Å². The molecule has 0 fully saturated rings. The second kappa shape index (κ2) is 5.48. The van der Waals surface area contributed by atoms with Crippen LogP contribution in [0.25, 0.3) is 0 Å². The number of nitrogens with zero attached hydrogens (tertiary/aromatic N) is 4. The first-order chi connectivity index (χ1) is 8.32. The Hall–Kier alpha value is -2.12. The number of carbonyl (C=O) groups excluding carboxylic acids is 1. The summed E-state index contributed by atoms with van der Waals surface area (Å²) in [5, 5.41) is 12.5. The zero-order valence-electron chi connectivity index (χ0n) is 10.5. The Bertz CT molecular complexity index is 502. The lowest BCUT2D eigenvalue weighted by Crippen LogP contribution is -2.43. The molecule has 0 bridgehead atoms. The molecule has 1 N–H and O–H groups in total. The van der Waals surface area contributed by atoms with Crippen molar-refractivity contribution in [2.75, 3.05) is 6.54 Å². The van der Waals surface area contributed by atoms with Crippen LogP contribution in [0.4, 0.5) is 0 Å². The Morgan fingerprint density at radius 3 is 2.50 bits per heavy atom. The van der Waals surface area contributed by atoms with Crippen LogP contribution in [0.2, 0.25) is 0 Å². The van der Waals surface area contributed by atoms with Gasteiger partial charge in [0, 0.05) is 13.1 Å². The summed E-state index contributed by atoms with van der Waals surface area (Å²) in [6.07, 6.45) is 1.30. The van der Waals surface area contributed by atoms with E-state index in [4.69, 9.17) is 5.11 Å². The third kappa shape index (κ3) is 3.19. The lowest BCUT2D eigenvalue weighted by Gasteiger charge is -2.24. The second-order valence-corrected chi connectivity index (χ2v) is 4.19. The molecule has 1 heterocycles. The van der Waals surface area contributed by atoms with Crippen molar-refractivity contribution >= 4 is 11.9 Å². The molecule has 100 valence electrons. The lowest BCUT2D eigenvalue weighted by molar-refractivity contribution is -0.146. The van der Waals surface area contributed by atoms with E-state index >= 15 is 0 Å². The molecule has 0 aliphatic heterocycles. The van der Waals surface area contributed by atoms with Gasteiger partial charge in [-0.1, -0.05) is 0 Å². The quantitative estimate of drug-likeness (QED) is 0.721. The van der Waals surface area contributed by atoms with Gasteiger partial charge in [0.15, 0.2) is 0 Å². The summed E-state index contributed by atoms with van der Waals surface area (Å²) >= 11 is 0. The standard InChI is InChI=1S/C10H16N4O4/c1-7(2)13(5-9(16)17)8(15)4-14-10(18)12(3)6-11-14/h6-7H,4-5H2,1-3H3,(H,16,17). The van der Waals surface area contributed by atoms with Gasteiger partial charge >= 0.3 is 11.7 Å². The number of aliphatic carboxylic acids is 1. The molecule has 8 heteroatoms. The van der Waals surface area contributed by atoms with Crippen LogP contribution in [0.5, 0.6) is 0 Å². The third-order valence-corrected chi connectivity index (χ3v) is 2.42. The van der Waals surface area contributed by atoms with Crippen LogP contribution in [0.3, 0.4) is 0 Å². The fourth-order valence-electron chi connectivity index (χ4n) is 1.45. The summed E-state index contributed by atoms with van der Waals surface area (Å²) < 4.78 is 2.24. The van der Waals surface area contributed by atoms with Crippen LogP contribution in [-0.2, 0) is 23.2 Å². The van der Waals surface area contributed by atoms with E-state index < -0.39 is 24.1 Å². The van der Waals surface area contributed by atoms with E-state index in [1.807, 2.05) is 0 Å². The second-order valence-electron chi connectivity index (χ2n) is 4.19. The first kappa shape index (κ1) is 13.9. The van der Waals surface area contributed by atoms with Gasteiger partial charge in [-0.05, 0) is 13.8 Å². The van der Waals surface area contributed by atoms with Crippen molar-refractivity contribution in [3.05, 3.63) is 16.8 Å². The molecule has 0 atom stereocenters. The number of aryl methyl sites for hydroxylation is 1. The molecule has 1 amide bonds. The molecule has 1 aromatic rings. The number of aromatic nitrogens is 3. The van der Waals surface area contributed by atoms with Crippen LogP contribution in [-0.4, -0.2) is 48.8 Å². The molecule has 18 heavy (non-hydrogen) atoms. The molecule has 1 aromatic heterocycles. The number of carbonyl (C=O) groups is 2. The van der Waals surface area contributed by atoms with Gasteiger partial charge in [-0.2, -0.15) is 5.10 Å². The Labute approximate surface area is 103 Å². The Kier molecular flexibility index (Phi) is 4.24. The minimum absolute atomic E-state index is 0.256. The molecule has 0 aromatic carbocycles. The van der Waals surface area contributed by atoms with E-state index in [0.29, 0.717) is 0 Å². The van der Waals surface area contributed by atoms with Gasteiger partial charge in [0.25, 0.3) is 0 Å². The highest BCUT2D eigenvalue weighted by Crippen LogP contribution is 2.00. The van der Waals surface area contributed by atoms with Crippen LogP contribution in [0.1, 0.15) is 13.8 Å². The van der Waals surface area contributed by atoms with Gasteiger partial charge in [0.2, 0.25) is 5.91 Å². The van der Waals surface area contributed by atoms with Crippen molar-refractivity contribution in [2.24, 2.45) is 7.05 Å². The van der Waals surface area contributed by atoms with E-state index in [2.05, 4.69) is 5.10 Å². The molecule has 0 aliphatic rings. The van der Waals surface area contributed by atoms with E-state index in [0.717, 1.165) is 4.68 Å². The van der Waals surface area contributed by atoms with Gasteiger partial charge in [-0.25, -0.2) is 9.48 Å². The molecule has 1 rings (SSSR count). The summed E-state index contributed by atoms with van der Waals surface area (Å²) in [6, 6.07) is -0.256. The largest absolute Gasteiger partial charge is 0.480 e. The highest BCUT2D eigenvalue weighted by Gasteiger charge is 2.21. The monoisotopic (exact) mass is 256 g/mol. The Balaban J connectivity index is 2.82. The molecule has 0 saturated heterocycles. The predicted molar refractivity (Wildman–Crippen MR) is 62.0 cm³/mol. The number of hydrogen-bond acceptors (Lipinski definition) is 4. The zero-order valence-corrected chi connectivity index (χ0v) is 10.5. The summed E-state index contributed by atoms with van der Waals surface area (Å²) in [6.45, 7) is 2.77. The summed E-state index contributed by atoms with van der Waals surface area (Å²) in [5.41, 5.74) is -0.414. The number of hydrogen-bond donors (Lipinski definition) is 1. The number of carboxylic acid groups (broad SMARTS) is 1. The van der Waals surface area contributed by atoms with Gasteiger partial charge < -0.3 is 10.0 Å². The number of rotatable bonds is 5. The Morgan fingerprint density at radius 1 is 1.50 bits per heavy atom. The van der Waals surface area contributed by atoms with Crippen molar-refractivity contribution in [3.63, 3.8) is 0 Å². The van der Waals surface area contributed by atoms with Crippen LogP contribution in [0, 0.1) is 0 Å².